The maximum absolute atomic E-state index is 13.4. The zero-order valence-corrected chi connectivity index (χ0v) is 12.7. The van der Waals surface area contributed by atoms with Crippen LogP contribution in [-0.2, 0) is 4.74 Å². The molecule has 1 aliphatic rings. The second-order valence-electron chi connectivity index (χ2n) is 4.79. The van der Waals surface area contributed by atoms with Crippen LogP contribution in [0, 0.1) is 23.0 Å². The van der Waals surface area contributed by atoms with Crippen LogP contribution < -0.4 is 5.32 Å². The summed E-state index contributed by atoms with van der Waals surface area (Å²) in [6.07, 6.45) is 0.242. The second kappa shape index (κ2) is 6.16. The summed E-state index contributed by atoms with van der Waals surface area (Å²) in [6, 6.07) is 5.52. The Morgan fingerprint density at radius 3 is 2.95 bits per heavy atom. The molecule has 1 N–H and O–H groups in total. The third kappa shape index (κ3) is 2.77. The van der Waals surface area contributed by atoms with Gasteiger partial charge in [0.25, 0.3) is 0 Å². The maximum atomic E-state index is 13.4. The number of hydrogen-bond donors (Lipinski definition) is 1. The van der Waals surface area contributed by atoms with Crippen molar-refractivity contribution in [3.8, 4) is 6.07 Å². The summed E-state index contributed by atoms with van der Waals surface area (Å²) in [5.74, 6) is -1.81. The molecular formula is C14H10ClF2N3OS. The number of benzene rings is 1. The van der Waals surface area contributed by atoms with E-state index < -0.39 is 17.7 Å². The van der Waals surface area contributed by atoms with Gasteiger partial charge in [0.2, 0.25) is 0 Å². The van der Waals surface area contributed by atoms with Crippen LogP contribution in [0.2, 0.25) is 5.15 Å². The Morgan fingerprint density at radius 1 is 1.41 bits per heavy atom. The van der Waals surface area contributed by atoms with Crippen molar-refractivity contribution < 1.29 is 13.5 Å². The molecule has 1 fully saturated rings. The van der Waals surface area contributed by atoms with E-state index in [4.69, 9.17) is 21.6 Å². The molecule has 2 atom stereocenters. The Kier molecular flexibility index (Phi) is 4.25. The summed E-state index contributed by atoms with van der Waals surface area (Å²) >= 11 is 6.92. The molecular weight excluding hydrogens is 332 g/mol. The highest BCUT2D eigenvalue weighted by molar-refractivity contribution is 7.10. The molecule has 1 aromatic carbocycles. The van der Waals surface area contributed by atoms with Gasteiger partial charge in [0.1, 0.15) is 22.7 Å². The van der Waals surface area contributed by atoms with Crippen molar-refractivity contribution in [2.45, 2.75) is 18.6 Å². The Balaban J connectivity index is 1.84. The molecule has 1 aromatic heterocycles. The van der Waals surface area contributed by atoms with Crippen molar-refractivity contribution in [1.82, 2.24) is 4.37 Å². The maximum Gasteiger partial charge on any atom is 0.162 e. The standard InChI is InChI=1S/C14H10ClF2N3OS/c15-13-8(6-18)14(22-20-13)19-11-3-4-21-12(11)7-1-2-9(16)10(17)5-7/h1-2,5,11-12,19H,3-4H2. The van der Waals surface area contributed by atoms with Gasteiger partial charge in [0.15, 0.2) is 16.8 Å². The molecule has 114 valence electrons. The van der Waals surface area contributed by atoms with Crippen molar-refractivity contribution in [1.29, 1.82) is 5.26 Å². The molecule has 2 heterocycles. The fourth-order valence-electron chi connectivity index (χ4n) is 2.39. The van der Waals surface area contributed by atoms with Crippen molar-refractivity contribution in [3.05, 3.63) is 46.1 Å². The van der Waals surface area contributed by atoms with E-state index in [9.17, 15) is 8.78 Å². The van der Waals surface area contributed by atoms with Gasteiger partial charge in [0, 0.05) is 6.61 Å². The predicted molar refractivity (Wildman–Crippen MR) is 78.9 cm³/mol. The van der Waals surface area contributed by atoms with E-state index in [-0.39, 0.29) is 16.8 Å². The number of hydrogen-bond acceptors (Lipinski definition) is 5. The number of halogens is 3. The predicted octanol–water partition coefficient (Wildman–Crippen LogP) is 3.89. The van der Waals surface area contributed by atoms with Gasteiger partial charge in [-0.05, 0) is 35.6 Å². The largest absolute Gasteiger partial charge is 0.371 e. The molecule has 3 rings (SSSR count). The highest BCUT2D eigenvalue weighted by Gasteiger charge is 2.31. The Bertz CT molecular complexity index is 746. The monoisotopic (exact) mass is 341 g/mol. The van der Waals surface area contributed by atoms with Gasteiger partial charge in [-0.15, -0.1) is 0 Å². The molecule has 8 heteroatoms. The van der Waals surface area contributed by atoms with Crippen LogP contribution in [0.1, 0.15) is 23.7 Å². The van der Waals surface area contributed by atoms with Crippen molar-refractivity contribution in [2.24, 2.45) is 0 Å². The number of nitrogens with zero attached hydrogens (tertiary/aromatic N) is 2. The molecule has 1 saturated heterocycles. The van der Waals surface area contributed by atoms with E-state index in [1.54, 1.807) is 0 Å². The van der Waals surface area contributed by atoms with Crippen LogP contribution in [0.25, 0.3) is 0 Å². The minimum Gasteiger partial charge on any atom is -0.371 e. The van der Waals surface area contributed by atoms with Crippen molar-refractivity contribution in [3.63, 3.8) is 0 Å². The van der Waals surface area contributed by atoms with E-state index in [1.807, 2.05) is 6.07 Å². The van der Waals surface area contributed by atoms with Gasteiger partial charge in [-0.2, -0.15) is 9.64 Å². The molecule has 1 aliphatic heterocycles. The van der Waals surface area contributed by atoms with Gasteiger partial charge < -0.3 is 10.1 Å². The first-order valence-electron chi connectivity index (χ1n) is 6.48. The number of ether oxygens (including phenoxy) is 1. The minimum absolute atomic E-state index is 0.151. The van der Waals surface area contributed by atoms with Crippen molar-refractivity contribution >= 4 is 28.1 Å². The number of rotatable bonds is 3. The lowest BCUT2D eigenvalue weighted by Crippen LogP contribution is -2.23. The average molecular weight is 342 g/mol. The Morgan fingerprint density at radius 2 is 2.23 bits per heavy atom. The van der Waals surface area contributed by atoms with E-state index in [2.05, 4.69) is 9.69 Å². The van der Waals surface area contributed by atoms with Crippen LogP contribution in [0.15, 0.2) is 18.2 Å². The molecule has 4 nitrogen and oxygen atoms in total. The number of anilines is 1. The van der Waals surface area contributed by atoms with Gasteiger partial charge in [-0.3, -0.25) is 0 Å². The Labute approximate surface area is 134 Å². The van der Waals surface area contributed by atoms with E-state index in [0.717, 1.165) is 23.7 Å². The first-order chi connectivity index (χ1) is 10.6. The first kappa shape index (κ1) is 15.2. The number of nitrogens with one attached hydrogen (secondary N) is 1. The molecule has 0 radical (unpaired) electrons. The van der Waals surface area contributed by atoms with Crippen LogP contribution in [-0.4, -0.2) is 17.0 Å². The van der Waals surface area contributed by atoms with Gasteiger partial charge >= 0.3 is 0 Å². The summed E-state index contributed by atoms with van der Waals surface area (Å²) in [6.45, 7) is 0.482. The van der Waals surface area contributed by atoms with E-state index >= 15 is 0 Å². The molecule has 0 amide bonds. The summed E-state index contributed by atoms with van der Waals surface area (Å²) in [7, 11) is 0. The fourth-order valence-corrected chi connectivity index (χ4v) is 3.39. The minimum atomic E-state index is -0.912. The van der Waals surface area contributed by atoms with Gasteiger partial charge in [-0.1, -0.05) is 17.7 Å². The lowest BCUT2D eigenvalue weighted by molar-refractivity contribution is 0.107. The molecule has 0 spiro atoms. The highest BCUT2D eigenvalue weighted by Crippen LogP contribution is 2.35. The van der Waals surface area contributed by atoms with Gasteiger partial charge in [0.05, 0.1) is 6.04 Å². The van der Waals surface area contributed by atoms with Gasteiger partial charge in [-0.25, -0.2) is 8.78 Å². The fraction of sp³-hybridized carbons (Fsp3) is 0.286. The van der Waals surface area contributed by atoms with E-state index in [1.165, 1.54) is 6.07 Å². The lowest BCUT2D eigenvalue weighted by Gasteiger charge is -2.20. The molecule has 2 aromatic rings. The Hall–Kier alpha value is -1.75. The zero-order valence-electron chi connectivity index (χ0n) is 11.1. The van der Waals surface area contributed by atoms with Crippen LogP contribution in [0.4, 0.5) is 13.8 Å². The smallest absolute Gasteiger partial charge is 0.162 e. The third-order valence-electron chi connectivity index (χ3n) is 3.44. The number of aromatic nitrogens is 1. The quantitative estimate of drug-likeness (QED) is 0.920. The summed E-state index contributed by atoms with van der Waals surface area (Å²) in [5.41, 5.74) is 0.825. The summed E-state index contributed by atoms with van der Waals surface area (Å²) in [5, 5.41) is 13.0. The second-order valence-corrected chi connectivity index (χ2v) is 5.93. The first-order valence-corrected chi connectivity index (χ1v) is 7.63. The SMILES string of the molecule is N#Cc1c(Cl)nsc1NC1CCOC1c1ccc(F)c(F)c1. The highest BCUT2D eigenvalue weighted by atomic mass is 35.5. The summed E-state index contributed by atoms with van der Waals surface area (Å²) < 4.78 is 36.0. The van der Waals surface area contributed by atoms with Crippen LogP contribution >= 0.6 is 23.1 Å². The number of nitriles is 1. The summed E-state index contributed by atoms with van der Waals surface area (Å²) in [4.78, 5) is 0. The van der Waals surface area contributed by atoms with Crippen LogP contribution in [0.3, 0.4) is 0 Å². The molecule has 2 unspecified atom stereocenters. The molecule has 0 bridgehead atoms. The zero-order chi connectivity index (χ0) is 15.7. The average Bonchev–Trinajstić information content (AvgIpc) is 3.09. The third-order valence-corrected chi connectivity index (χ3v) is 4.59. The van der Waals surface area contributed by atoms with Crippen LogP contribution in [0.5, 0.6) is 0 Å². The van der Waals surface area contributed by atoms with Crippen molar-refractivity contribution in [2.75, 3.05) is 11.9 Å². The normalized spacial score (nSPS) is 20.8. The molecule has 22 heavy (non-hydrogen) atoms. The molecule has 0 saturated carbocycles. The topological polar surface area (TPSA) is 57.9 Å². The molecule has 0 aliphatic carbocycles. The lowest BCUT2D eigenvalue weighted by atomic mass is 10.0. The van der Waals surface area contributed by atoms with E-state index in [0.29, 0.717) is 23.6 Å².